The van der Waals surface area contributed by atoms with Gasteiger partial charge in [-0.25, -0.2) is 17.7 Å². The average molecular weight is 555 g/mol. The van der Waals surface area contributed by atoms with Crippen LogP contribution in [-0.2, 0) is 10.0 Å². The van der Waals surface area contributed by atoms with E-state index < -0.39 is 10.0 Å². The van der Waals surface area contributed by atoms with E-state index in [0.29, 0.717) is 56.0 Å². The fourth-order valence-electron chi connectivity index (χ4n) is 5.50. The first kappa shape index (κ1) is 27.1. The van der Waals surface area contributed by atoms with Gasteiger partial charge in [-0.05, 0) is 74.1 Å². The number of fused-ring (bicyclic) bond motifs is 1. The van der Waals surface area contributed by atoms with Crippen molar-refractivity contribution >= 4 is 33.2 Å². The predicted molar refractivity (Wildman–Crippen MR) is 146 cm³/mol. The molecule has 2 saturated heterocycles. The number of urea groups is 1. The fourth-order valence-corrected chi connectivity index (χ4v) is 6.97. The number of rotatable bonds is 6. The van der Waals surface area contributed by atoms with Crippen molar-refractivity contribution in [2.45, 2.75) is 37.0 Å². The van der Waals surface area contributed by atoms with E-state index in [4.69, 9.17) is 0 Å². The van der Waals surface area contributed by atoms with Gasteiger partial charge in [0.1, 0.15) is 0 Å². The summed E-state index contributed by atoms with van der Waals surface area (Å²) < 4.78 is 29.7. The molecule has 2 aromatic heterocycles. The van der Waals surface area contributed by atoms with Crippen LogP contribution in [0.3, 0.4) is 0 Å². The van der Waals surface area contributed by atoms with Crippen LogP contribution in [0.15, 0.2) is 47.5 Å². The zero-order valence-electron chi connectivity index (χ0n) is 22.1. The number of hydrogen-bond acceptors (Lipinski definition) is 6. The minimum atomic E-state index is -3.66. The molecule has 2 aliphatic rings. The van der Waals surface area contributed by atoms with Crippen molar-refractivity contribution in [1.82, 2.24) is 24.1 Å². The van der Waals surface area contributed by atoms with E-state index in [1.54, 1.807) is 21.5 Å². The highest BCUT2D eigenvalue weighted by Gasteiger charge is 2.32. The van der Waals surface area contributed by atoms with Crippen molar-refractivity contribution in [2.24, 2.45) is 5.92 Å². The van der Waals surface area contributed by atoms with E-state index in [-0.39, 0.29) is 35.3 Å². The van der Waals surface area contributed by atoms with Gasteiger partial charge in [0.05, 0.1) is 21.7 Å². The lowest BCUT2D eigenvalue weighted by Gasteiger charge is -2.31. The molecule has 4 heterocycles. The zero-order valence-corrected chi connectivity index (χ0v) is 22.9. The zero-order chi connectivity index (χ0) is 27.7. The number of aryl methyl sites for hydroxylation is 1. The topological polar surface area (TPSA) is 136 Å². The summed E-state index contributed by atoms with van der Waals surface area (Å²) in [5.41, 5.74) is 3.58. The molecule has 12 heteroatoms. The molecular weight excluding hydrogens is 520 g/mol. The molecule has 5 rings (SSSR count). The number of pyridine rings is 1. The van der Waals surface area contributed by atoms with Crippen LogP contribution >= 0.6 is 0 Å². The van der Waals surface area contributed by atoms with Gasteiger partial charge in [-0.15, -0.1) is 0 Å². The Balaban J connectivity index is 1.29. The van der Waals surface area contributed by atoms with Crippen molar-refractivity contribution < 1.29 is 23.1 Å². The molecular formula is C27H34N6O5S. The molecule has 0 radical (unpaired) electrons. The van der Waals surface area contributed by atoms with Crippen molar-refractivity contribution in [1.29, 1.82) is 0 Å². The van der Waals surface area contributed by atoms with Crippen LogP contribution in [0.1, 0.15) is 46.8 Å². The molecule has 0 bridgehead atoms. The largest absolute Gasteiger partial charge is 0.396 e. The van der Waals surface area contributed by atoms with E-state index in [0.717, 1.165) is 17.5 Å². The third-order valence-electron chi connectivity index (χ3n) is 7.78. The van der Waals surface area contributed by atoms with Crippen LogP contribution < -0.4 is 10.6 Å². The second kappa shape index (κ2) is 10.9. The van der Waals surface area contributed by atoms with Gasteiger partial charge in [-0.2, -0.15) is 9.40 Å². The van der Waals surface area contributed by atoms with Crippen molar-refractivity contribution in [3.8, 4) is 0 Å². The van der Waals surface area contributed by atoms with Crippen molar-refractivity contribution in [3.05, 3.63) is 59.4 Å². The molecule has 1 unspecified atom stereocenters. The van der Waals surface area contributed by atoms with Crippen molar-refractivity contribution in [2.75, 3.05) is 45.2 Å². The summed E-state index contributed by atoms with van der Waals surface area (Å²) in [7, 11) is -2.15. The number of nitrogens with one attached hydrogen (secondary N) is 2. The van der Waals surface area contributed by atoms with E-state index in [2.05, 4.69) is 15.7 Å². The van der Waals surface area contributed by atoms with Crippen LogP contribution in [0.4, 0.5) is 10.5 Å². The Labute approximate surface area is 227 Å². The third-order valence-corrected chi connectivity index (χ3v) is 9.69. The smallest absolute Gasteiger partial charge is 0.318 e. The number of likely N-dealkylation sites (tertiary alicyclic amines) is 1. The number of amides is 3. The Hall–Kier alpha value is -3.48. The van der Waals surface area contributed by atoms with Crippen LogP contribution in [0.2, 0.25) is 0 Å². The molecule has 3 aromatic rings. The van der Waals surface area contributed by atoms with Crippen LogP contribution in [0, 0.1) is 12.8 Å². The molecule has 3 amide bonds. The molecule has 11 nitrogen and oxygen atoms in total. The molecule has 2 aliphatic heterocycles. The highest BCUT2D eigenvalue weighted by Crippen LogP contribution is 2.33. The lowest BCUT2D eigenvalue weighted by Crippen LogP contribution is -2.37. The minimum Gasteiger partial charge on any atom is -0.396 e. The van der Waals surface area contributed by atoms with Crippen LogP contribution in [-0.4, -0.2) is 84.1 Å². The second-order valence-electron chi connectivity index (χ2n) is 10.2. The number of carbonyl (C=O) groups is 2. The average Bonchev–Trinajstić information content (AvgIpc) is 3.56. The normalized spacial score (nSPS) is 18.9. The molecule has 1 atom stereocenters. The number of nitrogens with zero attached hydrogens (tertiary/aromatic N) is 4. The highest BCUT2D eigenvalue weighted by molar-refractivity contribution is 7.89. The Bertz CT molecular complexity index is 1480. The summed E-state index contributed by atoms with van der Waals surface area (Å²) in [5, 5.41) is 19.1. The van der Waals surface area contributed by atoms with Gasteiger partial charge in [0.15, 0.2) is 0 Å². The maximum atomic E-state index is 13.4. The monoisotopic (exact) mass is 554 g/mol. The number of hydrogen-bond donors (Lipinski definition) is 3. The predicted octanol–water partition coefficient (Wildman–Crippen LogP) is 2.42. The number of benzene rings is 1. The van der Waals surface area contributed by atoms with Gasteiger partial charge in [0.2, 0.25) is 10.0 Å². The standard InChI is InChI=1S/C27H34N6O5S/c1-18-25(26(35)31-11-7-19(16-31)17-34)24-15-21(10-14-33(24)30-18)20-8-12-32(13-9-20)39(37,38)23-5-3-22(4-6-23)29-27(36)28-2/h3-6,10,14-15,19-20,34H,7-9,11-13,16-17H2,1-2H3,(H2,28,29,36). The molecule has 0 aliphatic carbocycles. The van der Waals surface area contributed by atoms with Crippen LogP contribution in [0.5, 0.6) is 0 Å². The first-order valence-electron chi connectivity index (χ1n) is 13.2. The molecule has 0 spiro atoms. The molecule has 3 N–H and O–H groups in total. The summed E-state index contributed by atoms with van der Waals surface area (Å²) >= 11 is 0. The maximum absolute atomic E-state index is 13.4. The summed E-state index contributed by atoms with van der Waals surface area (Å²) in [4.78, 5) is 26.8. The first-order chi connectivity index (χ1) is 18.7. The van der Waals surface area contributed by atoms with Gasteiger partial charge in [-0.1, -0.05) is 0 Å². The van der Waals surface area contributed by atoms with Gasteiger partial charge < -0.3 is 20.6 Å². The molecule has 1 aromatic carbocycles. The Morgan fingerprint density at radius 1 is 1.08 bits per heavy atom. The maximum Gasteiger partial charge on any atom is 0.318 e. The number of aliphatic hydroxyl groups is 1. The van der Waals surface area contributed by atoms with E-state index >= 15 is 0 Å². The Morgan fingerprint density at radius 2 is 1.79 bits per heavy atom. The number of piperidine rings is 1. The Morgan fingerprint density at radius 3 is 2.44 bits per heavy atom. The van der Waals surface area contributed by atoms with Gasteiger partial charge in [0, 0.05) is 57.6 Å². The van der Waals surface area contributed by atoms with Crippen molar-refractivity contribution in [3.63, 3.8) is 0 Å². The summed E-state index contributed by atoms with van der Waals surface area (Å²) in [6.45, 7) is 3.86. The SMILES string of the molecule is CNC(=O)Nc1ccc(S(=O)(=O)N2CCC(c3ccn4nc(C)c(C(=O)N5CCC(CO)C5)c4c3)CC2)cc1. The Kier molecular flexibility index (Phi) is 7.61. The molecule has 0 saturated carbocycles. The fraction of sp³-hybridized carbons (Fsp3) is 0.444. The number of anilines is 1. The third kappa shape index (κ3) is 5.36. The van der Waals surface area contributed by atoms with Gasteiger partial charge >= 0.3 is 6.03 Å². The van der Waals surface area contributed by atoms with E-state index in [1.807, 2.05) is 25.3 Å². The molecule has 39 heavy (non-hydrogen) atoms. The quantitative estimate of drug-likeness (QED) is 0.428. The number of aliphatic hydroxyl groups excluding tert-OH is 1. The first-order valence-corrected chi connectivity index (χ1v) is 14.6. The summed E-state index contributed by atoms with van der Waals surface area (Å²) in [6, 6.07) is 9.79. The summed E-state index contributed by atoms with van der Waals surface area (Å²) in [5.74, 6) is 0.211. The number of carbonyl (C=O) groups excluding carboxylic acids is 2. The van der Waals surface area contributed by atoms with Crippen LogP contribution in [0.25, 0.3) is 5.52 Å². The second-order valence-corrected chi connectivity index (χ2v) is 12.2. The number of aromatic nitrogens is 2. The van der Waals surface area contributed by atoms with E-state index in [1.165, 1.54) is 23.5 Å². The molecule has 208 valence electrons. The summed E-state index contributed by atoms with van der Waals surface area (Å²) in [6.07, 6.45) is 3.98. The highest BCUT2D eigenvalue weighted by atomic mass is 32.2. The lowest BCUT2D eigenvalue weighted by molar-refractivity contribution is 0.0783. The number of sulfonamides is 1. The van der Waals surface area contributed by atoms with E-state index in [9.17, 15) is 23.1 Å². The van der Waals surface area contributed by atoms with Gasteiger partial charge in [0.25, 0.3) is 5.91 Å². The lowest BCUT2D eigenvalue weighted by atomic mass is 9.90. The van der Waals surface area contributed by atoms with Gasteiger partial charge in [-0.3, -0.25) is 4.79 Å². The minimum absolute atomic E-state index is 0.0620. The molecule has 2 fully saturated rings.